The van der Waals surface area contributed by atoms with Crippen LogP contribution in [0.3, 0.4) is 0 Å². The second kappa shape index (κ2) is 6.54. The second-order valence-electron chi connectivity index (χ2n) is 4.78. The molecule has 0 amide bonds. The molecule has 1 aromatic heterocycles. The summed E-state index contributed by atoms with van der Waals surface area (Å²) in [4.78, 5) is 2.30. The average molecular weight is 251 g/mol. The molecule has 0 aliphatic carbocycles. The van der Waals surface area contributed by atoms with Gasteiger partial charge in [0.15, 0.2) is 0 Å². The molecule has 0 spiro atoms. The Kier molecular flexibility index (Phi) is 5.34. The van der Waals surface area contributed by atoms with Crippen LogP contribution in [-0.4, -0.2) is 33.6 Å². The highest BCUT2D eigenvalue weighted by Crippen LogP contribution is 2.09. The first kappa shape index (κ1) is 14.7. The van der Waals surface area contributed by atoms with Gasteiger partial charge < -0.3 is 5.73 Å². The van der Waals surface area contributed by atoms with Gasteiger partial charge in [0.1, 0.15) is 0 Å². The van der Waals surface area contributed by atoms with E-state index in [-0.39, 0.29) is 11.8 Å². The Morgan fingerprint density at radius 1 is 1.56 bits per heavy atom. The summed E-state index contributed by atoms with van der Waals surface area (Å²) in [6.45, 7) is 11.8. The predicted octanol–water partition coefficient (Wildman–Crippen LogP) is 1.61. The minimum absolute atomic E-state index is 0.101. The molecule has 1 unspecified atom stereocenters. The van der Waals surface area contributed by atoms with E-state index >= 15 is 0 Å². The van der Waals surface area contributed by atoms with E-state index < -0.39 is 0 Å². The molecule has 0 saturated carbocycles. The van der Waals surface area contributed by atoms with Gasteiger partial charge in [-0.25, -0.2) is 0 Å². The lowest BCUT2D eigenvalue weighted by Gasteiger charge is -2.23. The van der Waals surface area contributed by atoms with Crippen molar-refractivity contribution in [2.24, 2.45) is 11.7 Å². The Morgan fingerprint density at radius 2 is 2.22 bits per heavy atom. The average Bonchev–Trinajstić information content (AvgIpc) is 2.68. The summed E-state index contributed by atoms with van der Waals surface area (Å²) < 4.78 is 2.04. The summed E-state index contributed by atoms with van der Waals surface area (Å²) in [6.07, 6.45) is 0. The summed E-state index contributed by atoms with van der Waals surface area (Å²) >= 11 is 0. The highest BCUT2D eigenvalue weighted by atomic mass is 15.3. The minimum atomic E-state index is 0.101. The lowest BCUT2D eigenvalue weighted by molar-refractivity contribution is 0.255. The van der Waals surface area contributed by atoms with Crippen LogP contribution in [0.15, 0.2) is 6.07 Å². The van der Waals surface area contributed by atoms with Crippen LogP contribution in [0.2, 0.25) is 0 Å². The quantitative estimate of drug-likeness (QED) is 0.571. The number of amidine groups is 1. The first-order chi connectivity index (χ1) is 8.47. The summed E-state index contributed by atoms with van der Waals surface area (Å²) in [7, 11) is 0. The first-order valence-electron chi connectivity index (χ1n) is 6.57. The molecular weight excluding hydrogens is 226 g/mol. The zero-order chi connectivity index (χ0) is 13.7. The Balaban J connectivity index is 2.70. The van der Waals surface area contributed by atoms with Crippen molar-refractivity contribution in [3.63, 3.8) is 0 Å². The Labute approximate surface area is 109 Å². The smallest absolute Gasteiger partial charge is 0.0947 e. The molecule has 0 radical (unpaired) electrons. The Hall–Kier alpha value is -1.36. The maximum atomic E-state index is 7.46. The van der Waals surface area contributed by atoms with Gasteiger partial charge in [0.25, 0.3) is 0 Å². The van der Waals surface area contributed by atoms with Gasteiger partial charge in [0.05, 0.1) is 17.2 Å². The molecule has 5 heteroatoms. The van der Waals surface area contributed by atoms with Crippen LogP contribution in [0, 0.1) is 18.3 Å². The highest BCUT2D eigenvalue weighted by Gasteiger charge is 2.13. The van der Waals surface area contributed by atoms with Crippen LogP contribution in [0.1, 0.15) is 32.2 Å². The molecule has 102 valence electrons. The SMILES string of the molecule is CCN(Cc1cc(C)nn1CC)CC(C)C(=N)N. The van der Waals surface area contributed by atoms with Gasteiger partial charge in [0, 0.05) is 25.6 Å². The molecule has 1 rings (SSSR count). The number of nitrogens with one attached hydrogen (secondary N) is 1. The molecule has 0 bridgehead atoms. The van der Waals surface area contributed by atoms with Crippen molar-refractivity contribution in [1.29, 1.82) is 5.41 Å². The normalized spacial score (nSPS) is 12.9. The fraction of sp³-hybridized carbons (Fsp3) is 0.692. The Bertz CT molecular complexity index is 396. The third-order valence-corrected chi connectivity index (χ3v) is 3.18. The number of hydrogen-bond acceptors (Lipinski definition) is 3. The van der Waals surface area contributed by atoms with E-state index in [9.17, 15) is 0 Å². The van der Waals surface area contributed by atoms with E-state index in [4.69, 9.17) is 11.1 Å². The summed E-state index contributed by atoms with van der Waals surface area (Å²) in [5, 5.41) is 11.9. The lowest BCUT2D eigenvalue weighted by Crippen LogP contribution is -2.34. The largest absolute Gasteiger partial charge is 0.387 e. The summed E-state index contributed by atoms with van der Waals surface area (Å²) in [5.41, 5.74) is 7.82. The van der Waals surface area contributed by atoms with Crippen LogP contribution in [0.5, 0.6) is 0 Å². The van der Waals surface area contributed by atoms with Crippen molar-refractivity contribution in [1.82, 2.24) is 14.7 Å². The van der Waals surface area contributed by atoms with Gasteiger partial charge in [-0.2, -0.15) is 5.10 Å². The molecule has 1 heterocycles. The summed E-state index contributed by atoms with van der Waals surface area (Å²) in [5.74, 6) is 0.359. The van der Waals surface area contributed by atoms with E-state index in [1.54, 1.807) is 0 Å². The molecule has 0 aromatic carbocycles. The Morgan fingerprint density at radius 3 is 2.72 bits per heavy atom. The van der Waals surface area contributed by atoms with E-state index in [0.717, 1.165) is 31.9 Å². The first-order valence-corrected chi connectivity index (χ1v) is 6.57. The third-order valence-electron chi connectivity index (χ3n) is 3.18. The maximum Gasteiger partial charge on any atom is 0.0947 e. The van der Waals surface area contributed by atoms with Crippen molar-refractivity contribution in [2.45, 2.75) is 40.8 Å². The van der Waals surface area contributed by atoms with Crippen LogP contribution in [0.25, 0.3) is 0 Å². The maximum absolute atomic E-state index is 7.46. The highest BCUT2D eigenvalue weighted by molar-refractivity contribution is 5.79. The fourth-order valence-electron chi connectivity index (χ4n) is 2.02. The van der Waals surface area contributed by atoms with Gasteiger partial charge >= 0.3 is 0 Å². The van der Waals surface area contributed by atoms with Crippen molar-refractivity contribution >= 4 is 5.84 Å². The topological polar surface area (TPSA) is 70.9 Å². The molecule has 0 aliphatic heterocycles. The lowest BCUT2D eigenvalue weighted by atomic mass is 10.1. The van der Waals surface area contributed by atoms with E-state index in [2.05, 4.69) is 29.9 Å². The van der Waals surface area contributed by atoms with Crippen molar-refractivity contribution in [3.8, 4) is 0 Å². The van der Waals surface area contributed by atoms with Gasteiger partial charge in [-0.3, -0.25) is 15.0 Å². The monoisotopic (exact) mass is 251 g/mol. The predicted molar refractivity (Wildman–Crippen MR) is 74.7 cm³/mol. The van der Waals surface area contributed by atoms with Crippen LogP contribution in [-0.2, 0) is 13.1 Å². The zero-order valence-corrected chi connectivity index (χ0v) is 11.9. The number of rotatable bonds is 7. The zero-order valence-electron chi connectivity index (χ0n) is 11.9. The standard InChI is InChI=1S/C13H25N5/c1-5-17(8-10(3)13(14)15)9-12-7-11(4)16-18(12)6-2/h7,10H,5-6,8-9H2,1-4H3,(H3,14,15). The number of hydrogen-bond donors (Lipinski definition) is 2. The third kappa shape index (κ3) is 3.84. The van der Waals surface area contributed by atoms with E-state index in [0.29, 0.717) is 0 Å². The number of aryl methyl sites for hydroxylation is 2. The van der Waals surface area contributed by atoms with Crippen LogP contribution >= 0.6 is 0 Å². The molecule has 0 fully saturated rings. The van der Waals surface area contributed by atoms with Crippen molar-refractivity contribution in [2.75, 3.05) is 13.1 Å². The number of nitrogens with two attached hydrogens (primary N) is 1. The van der Waals surface area contributed by atoms with Crippen molar-refractivity contribution in [3.05, 3.63) is 17.5 Å². The molecule has 0 saturated heterocycles. The van der Waals surface area contributed by atoms with Gasteiger partial charge in [-0.1, -0.05) is 13.8 Å². The van der Waals surface area contributed by atoms with Crippen LogP contribution in [0.4, 0.5) is 0 Å². The summed E-state index contributed by atoms with van der Waals surface area (Å²) in [6, 6.07) is 2.13. The molecule has 3 N–H and O–H groups in total. The minimum Gasteiger partial charge on any atom is -0.387 e. The van der Waals surface area contributed by atoms with E-state index in [1.165, 1.54) is 5.69 Å². The van der Waals surface area contributed by atoms with Gasteiger partial charge in [0.2, 0.25) is 0 Å². The van der Waals surface area contributed by atoms with Crippen LogP contribution < -0.4 is 5.73 Å². The van der Waals surface area contributed by atoms with E-state index in [1.807, 2.05) is 18.5 Å². The number of nitrogens with zero attached hydrogens (tertiary/aromatic N) is 3. The molecule has 18 heavy (non-hydrogen) atoms. The number of aromatic nitrogens is 2. The second-order valence-corrected chi connectivity index (χ2v) is 4.78. The van der Waals surface area contributed by atoms with Gasteiger partial charge in [-0.05, 0) is 26.5 Å². The fourth-order valence-corrected chi connectivity index (χ4v) is 2.02. The molecule has 1 atom stereocenters. The van der Waals surface area contributed by atoms with Gasteiger partial charge in [-0.15, -0.1) is 0 Å². The van der Waals surface area contributed by atoms with Crippen molar-refractivity contribution < 1.29 is 0 Å². The molecular formula is C13H25N5. The molecule has 5 nitrogen and oxygen atoms in total. The molecule has 1 aromatic rings. The molecule has 0 aliphatic rings.